The first-order valence-corrected chi connectivity index (χ1v) is 5.69. The molecule has 6 nitrogen and oxygen atoms in total. The molecule has 2 rings (SSSR count). The summed E-state index contributed by atoms with van der Waals surface area (Å²) >= 11 is 0. The molecule has 3 N–H and O–H groups in total. The molecule has 0 radical (unpaired) electrons. The third-order valence-corrected chi connectivity index (χ3v) is 2.25. The molecule has 0 saturated carbocycles. The Bertz CT molecular complexity index is 503. The number of hydrogen-bond donors (Lipinski definition) is 2. The topological polar surface area (TPSA) is 86.0 Å². The minimum Gasteiger partial charge on any atom is -0.476 e. The third kappa shape index (κ3) is 3.07. The van der Waals surface area contributed by atoms with Crippen LogP contribution in [0.5, 0.6) is 5.88 Å². The van der Waals surface area contributed by atoms with E-state index < -0.39 is 0 Å². The van der Waals surface area contributed by atoms with Gasteiger partial charge in [0, 0.05) is 6.20 Å². The lowest BCUT2D eigenvalue weighted by Gasteiger charge is -2.09. The monoisotopic (exact) mass is 245 g/mol. The quantitative estimate of drug-likeness (QED) is 0.829. The summed E-state index contributed by atoms with van der Waals surface area (Å²) in [6, 6.07) is 7.29. The second kappa shape index (κ2) is 5.81. The molecule has 2 aromatic rings. The molecule has 0 fully saturated rings. The van der Waals surface area contributed by atoms with Gasteiger partial charge in [0.05, 0.1) is 24.5 Å². The Morgan fingerprint density at radius 1 is 1.33 bits per heavy atom. The van der Waals surface area contributed by atoms with Gasteiger partial charge >= 0.3 is 0 Å². The van der Waals surface area contributed by atoms with E-state index in [1.165, 1.54) is 0 Å². The van der Waals surface area contributed by atoms with Crippen LogP contribution in [0.3, 0.4) is 0 Å². The summed E-state index contributed by atoms with van der Waals surface area (Å²) in [5.74, 6) is 1.14. The number of nitrogens with zero attached hydrogens (tertiary/aromatic N) is 3. The standard InChI is InChI=1S/C12H15N5O/c1-2-18-12-10(13)5-6-11(16-12)14-8-9-4-3-7-15-17-9/h3-7H,2,8,13H2,1H3,(H,14,16). The lowest BCUT2D eigenvalue weighted by atomic mass is 10.3. The van der Waals surface area contributed by atoms with Gasteiger partial charge < -0.3 is 15.8 Å². The Morgan fingerprint density at radius 2 is 2.22 bits per heavy atom. The third-order valence-electron chi connectivity index (χ3n) is 2.25. The molecule has 0 bridgehead atoms. The average molecular weight is 245 g/mol. The van der Waals surface area contributed by atoms with E-state index in [4.69, 9.17) is 10.5 Å². The summed E-state index contributed by atoms with van der Waals surface area (Å²) in [6.45, 7) is 2.97. The Balaban J connectivity index is 2.03. The maximum atomic E-state index is 5.75. The fourth-order valence-electron chi connectivity index (χ4n) is 1.41. The van der Waals surface area contributed by atoms with Crippen LogP contribution in [0.15, 0.2) is 30.5 Å². The van der Waals surface area contributed by atoms with Gasteiger partial charge in [-0.15, -0.1) is 0 Å². The minimum absolute atomic E-state index is 0.446. The molecule has 0 amide bonds. The SMILES string of the molecule is CCOc1nc(NCc2cccnn2)ccc1N. The summed E-state index contributed by atoms with van der Waals surface area (Å²) in [5, 5.41) is 10.9. The molecule has 0 atom stereocenters. The molecule has 0 aromatic carbocycles. The van der Waals surface area contributed by atoms with Gasteiger partial charge in [-0.25, -0.2) is 0 Å². The molecule has 2 aromatic heterocycles. The van der Waals surface area contributed by atoms with Gasteiger partial charge in [0.25, 0.3) is 0 Å². The normalized spacial score (nSPS) is 10.1. The summed E-state index contributed by atoms with van der Waals surface area (Å²) in [6.07, 6.45) is 1.64. The van der Waals surface area contributed by atoms with Crippen molar-refractivity contribution in [2.24, 2.45) is 0 Å². The highest BCUT2D eigenvalue weighted by molar-refractivity contribution is 5.53. The maximum absolute atomic E-state index is 5.75. The predicted octanol–water partition coefficient (Wildman–Crippen LogP) is 1.46. The highest BCUT2D eigenvalue weighted by Crippen LogP contribution is 2.20. The zero-order valence-corrected chi connectivity index (χ0v) is 10.1. The number of aromatic nitrogens is 3. The van der Waals surface area contributed by atoms with Gasteiger partial charge in [-0.3, -0.25) is 0 Å². The van der Waals surface area contributed by atoms with E-state index >= 15 is 0 Å². The van der Waals surface area contributed by atoms with E-state index in [1.807, 2.05) is 19.1 Å². The number of pyridine rings is 1. The average Bonchev–Trinajstić information content (AvgIpc) is 2.41. The molecule has 0 aliphatic rings. The minimum atomic E-state index is 0.446. The molecule has 18 heavy (non-hydrogen) atoms. The van der Waals surface area contributed by atoms with E-state index in [9.17, 15) is 0 Å². The zero-order chi connectivity index (χ0) is 12.8. The van der Waals surface area contributed by atoms with Crippen LogP contribution in [0.2, 0.25) is 0 Å². The van der Waals surface area contributed by atoms with Crippen LogP contribution in [-0.2, 0) is 6.54 Å². The van der Waals surface area contributed by atoms with Gasteiger partial charge in [0.1, 0.15) is 5.82 Å². The molecule has 0 aliphatic carbocycles. The van der Waals surface area contributed by atoms with Gasteiger partial charge in [0.15, 0.2) is 0 Å². The van der Waals surface area contributed by atoms with Crippen LogP contribution in [0.4, 0.5) is 11.5 Å². The van der Waals surface area contributed by atoms with Crippen molar-refractivity contribution in [3.8, 4) is 5.88 Å². The Hall–Kier alpha value is -2.37. The predicted molar refractivity (Wildman–Crippen MR) is 69.2 cm³/mol. The van der Waals surface area contributed by atoms with E-state index in [2.05, 4.69) is 20.5 Å². The smallest absolute Gasteiger partial charge is 0.239 e. The summed E-state index contributed by atoms with van der Waals surface area (Å²) in [7, 11) is 0. The molecular weight excluding hydrogens is 230 g/mol. The van der Waals surface area contributed by atoms with Crippen molar-refractivity contribution in [1.29, 1.82) is 0 Å². The maximum Gasteiger partial charge on any atom is 0.239 e. The molecule has 0 unspecified atom stereocenters. The second-order valence-corrected chi connectivity index (χ2v) is 3.59. The van der Waals surface area contributed by atoms with Crippen LogP contribution >= 0.6 is 0 Å². The highest BCUT2D eigenvalue weighted by atomic mass is 16.5. The highest BCUT2D eigenvalue weighted by Gasteiger charge is 2.03. The van der Waals surface area contributed by atoms with Crippen molar-refractivity contribution in [3.05, 3.63) is 36.2 Å². The number of rotatable bonds is 5. The van der Waals surface area contributed by atoms with E-state index in [0.717, 1.165) is 5.69 Å². The van der Waals surface area contributed by atoms with Crippen LogP contribution in [0.25, 0.3) is 0 Å². The number of ether oxygens (including phenoxy) is 1. The van der Waals surface area contributed by atoms with Gasteiger partial charge in [-0.05, 0) is 31.2 Å². The number of nitrogens with two attached hydrogens (primary N) is 1. The Morgan fingerprint density at radius 3 is 2.94 bits per heavy atom. The van der Waals surface area contributed by atoms with Crippen molar-refractivity contribution >= 4 is 11.5 Å². The fourth-order valence-corrected chi connectivity index (χ4v) is 1.41. The van der Waals surface area contributed by atoms with Crippen molar-refractivity contribution in [2.75, 3.05) is 17.7 Å². The largest absolute Gasteiger partial charge is 0.476 e. The molecule has 2 heterocycles. The van der Waals surface area contributed by atoms with Crippen LogP contribution in [0.1, 0.15) is 12.6 Å². The number of nitrogen functional groups attached to an aromatic ring is 1. The summed E-state index contributed by atoms with van der Waals surface area (Å²) in [4.78, 5) is 4.27. The van der Waals surface area contributed by atoms with Crippen LogP contribution in [-0.4, -0.2) is 21.8 Å². The summed E-state index contributed by atoms with van der Waals surface area (Å²) < 4.78 is 5.33. The molecule has 0 aliphatic heterocycles. The van der Waals surface area contributed by atoms with Crippen molar-refractivity contribution in [2.45, 2.75) is 13.5 Å². The van der Waals surface area contributed by atoms with Crippen molar-refractivity contribution in [3.63, 3.8) is 0 Å². The van der Waals surface area contributed by atoms with Crippen LogP contribution in [0, 0.1) is 0 Å². The first-order valence-electron chi connectivity index (χ1n) is 5.69. The van der Waals surface area contributed by atoms with Gasteiger partial charge in [0.2, 0.25) is 5.88 Å². The van der Waals surface area contributed by atoms with Crippen molar-refractivity contribution in [1.82, 2.24) is 15.2 Å². The fraction of sp³-hybridized carbons (Fsp3) is 0.250. The Labute approximate surface area is 105 Å². The summed E-state index contributed by atoms with van der Waals surface area (Å²) in [5.41, 5.74) is 7.12. The molecule has 0 saturated heterocycles. The van der Waals surface area contributed by atoms with Gasteiger partial charge in [-0.2, -0.15) is 15.2 Å². The number of hydrogen-bond acceptors (Lipinski definition) is 6. The number of anilines is 2. The Kier molecular flexibility index (Phi) is 3.90. The first-order chi connectivity index (χ1) is 8.79. The lowest BCUT2D eigenvalue weighted by molar-refractivity contribution is 0.329. The van der Waals surface area contributed by atoms with Crippen molar-refractivity contribution < 1.29 is 4.74 Å². The first kappa shape index (κ1) is 12.1. The molecular formula is C12H15N5O. The number of nitrogens with one attached hydrogen (secondary N) is 1. The van der Waals surface area contributed by atoms with E-state index in [-0.39, 0.29) is 0 Å². The van der Waals surface area contributed by atoms with Gasteiger partial charge in [-0.1, -0.05) is 0 Å². The van der Waals surface area contributed by atoms with E-state index in [1.54, 1.807) is 18.3 Å². The van der Waals surface area contributed by atoms with Crippen LogP contribution < -0.4 is 15.8 Å². The molecule has 0 spiro atoms. The molecule has 6 heteroatoms. The van der Waals surface area contributed by atoms with E-state index in [0.29, 0.717) is 30.5 Å². The molecule has 94 valence electrons. The zero-order valence-electron chi connectivity index (χ0n) is 10.1. The lowest BCUT2D eigenvalue weighted by Crippen LogP contribution is -2.06. The second-order valence-electron chi connectivity index (χ2n) is 3.59.